The van der Waals surface area contributed by atoms with Gasteiger partial charge in [-0.05, 0) is 28.1 Å². The quantitative estimate of drug-likeness (QED) is 0.641. The van der Waals surface area contributed by atoms with Crippen LogP contribution in [0.15, 0.2) is 33.4 Å². The summed E-state index contributed by atoms with van der Waals surface area (Å²) in [5.41, 5.74) is 2.43. The number of furan rings is 1. The Bertz CT molecular complexity index is 781. The molecule has 0 N–H and O–H groups in total. The van der Waals surface area contributed by atoms with Crippen molar-refractivity contribution in [2.24, 2.45) is 0 Å². The van der Waals surface area contributed by atoms with Gasteiger partial charge in [0.05, 0.1) is 13.2 Å². The van der Waals surface area contributed by atoms with Crippen LogP contribution >= 0.6 is 15.9 Å². The lowest BCUT2D eigenvalue weighted by atomic mass is 10.2. The van der Waals surface area contributed by atoms with Gasteiger partial charge in [-0.25, -0.2) is 9.97 Å². The van der Waals surface area contributed by atoms with Crippen molar-refractivity contribution in [2.45, 2.75) is 0 Å². The van der Waals surface area contributed by atoms with Crippen LogP contribution in [-0.4, -0.2) is 36.3 Å². The van der Waals surface area contributed by atoms with Gasteiger partial charge in [-0.2, -0.15) is 0 Å². The Kier molecular flexibility index (Phi) is 2.85. The molecule has 6 heteroatoms. The fraction of sp³-hybridized carbons (Fsp3) is 0.286. The van der Waals surface area contributed by atoms with E-state index >= 15 is 0 Å². The highest BCUT2D eigenvalue weighted by Gasteiger charge is 2.21. The lowest BCUT2D eigenvalue weighted by Gasteiger charge is -2.27. The molecule has 20 heavy (non-hydrogen) atoms. The predicted molar refractivity (Wildman–Crippen MR) is 80.0 cm³/mol. The summed E-state index contributed by atoms with van der Waals surface area (Å²) in [6.07, 6.45) is 0. The summed E-state index contributed by atoms with van der Waals surface area (Å²) in [5, 5.41) is 1.01. The molecule has 1 aliphatic heterocycles. The molecule has 102 valence electrons. The molecule has 1 aliphatic rings. The zero-order chi connectivity index (χ0) is 13.5. The van der Waals surface area contributed by atoms with Crippen LogP contribution in [0.4, 0.5) is 5.82 Å². The standard InChI is InChI=1S/C14H12BrN3O2/c15-14-16-11-9-3-1-2-4-10(9)20-12(11)13(17-14)18-5-7-19-8-6-18/h1-4H,5-8H2. The molecule has 0 bridgehead atoms. The average molecular weight is 334 g/mol. The number of rotatable bonds is 1. The SMILES string of the molecule is Brc1nc(N2CCOCC2)c2oc3ccccc3c2n1. The number of fused-ring (bicyclic) bond motifs is 3. The van der Waals surface area contributed by atoms with Crippen molar-refractivity contribution < 1.29 is 9.15 Å². The maximum atomic E-state index is 5.96. The molecule has 0 unspecified atom stereocenters. The number of halogens is 1. The minimum atomic E-state index is 0.582. The molecule has 0 atom stereocenters. The second kappa shape index (κ2) is 4.71. The van der Waals surface area contributed by atoms with Crippen molar-refractivity contribution in [2.75, 3.05) is 31.2 Å². The number of ether oxygens (including phenoxy) is 1. The molecule has 0 aliphatic carbocycles. The van der Waals surface area contributed by atoms with Gasteiger partial charge in [0.25, 0.3) is 0 Å². The highest BCUT2D eigenvalue weighted by molar-refractivity contribution is 9.10. The third-order valence-corrected chi connectivity index (χ3v) is 3.84. The Labute approximate surface area is 123 Å². The molecule has 0 spiro atoms. The maximum absolute atomic E-state index is 5.96. The number of para-hydroxylation sites is 1. The van der Waals surface area contributed by atoms with Crippen molar-refractivity contribution in [3.63, 3.8) is 0 Å². The van der Waals surface area contributed by atoms with Gasteiger partial charge in [0, 0.05) is 18.5 Å². The first-order valence-corrected chi connectivity index (χ1v) is 7.30. The van der Waals surface area contributed by atoms with E-state index in [1.54, 1.807) is 0 Å². The van der Waals surface area contributed by atoms with E-state index in [1.165, 1.54) is 0 Å². The van der Waals surface area contributed by atoms with E-state index in [4.69, 9.17) is 9.15 Å². The number of morpholine rings is 1. The molecular formula is C14H12BrN3O2. The molecule has 0 saturated carbocycles. The lowest BCUT2D eigenvalue weighted by molar-refractivity contribution is 0.122. The zero-order valence-corrected chi connectivity index (χ0v) is 12.3. The summed E-state index contributed by atoms with van der Waals surface area (Å²) in [6.45, 7) is 3.05. The fourth-order valence-corrected chi connectivity index (χ4v) is 2.88. The smallest absolute Gasteiger partial charge is 0.199 e. The lowest BCUT2D eigenvalue weighted by Crippen LogP contribution is -2.36. The third-order valence-electron chi connectivity index (χ3n) is 3.49. The van der Waals surface area contributed by atoms with Crippen molar-refractivity contribution in [3.8, 4) is 0 Å². The highest BCUT2D eigenvalue weighted by atomic mass is 79.9. The summed E-state index contributed by atoms with van der Waals surface area (Å²) < 4.78 is 11.9. The normalized spacial score (nSPS) is 16.1. The van der Waals surface area contributed by atoms with Gasteiger partial charge < -0.3 is 14.1 Å². The number of nitrogens with zero attached hydrogens (tertiary/aromatic N) is 3. The minimum Gasteiger partial charge on any atom is -0.450 e. The molecule has 5 nitrogen and oxygen atoms in total. The summed E-state index contributed by atoms with van der Waals surface area (Å²) in [4.78, 5) is 11.2. The fourth-order valence-electron chi connectivity index (χ4n) is 2.54. The van der Waals surface area contributed by atoms with Crippen LogP contribution in [0, 0.1) is 0 Å². The van der Waals surface area contributed by atoms with Crippen molar-refractivity contribution in [1.29, 1.82) is 0 Å². The largest absolute Gasteiger partial charge is 0.450 e. The number of aromatic nitrogens is 2. The Morgan fingerprint density at radius 3 is 2.75 bits per heavy atom. The molecule has 1 fully saturated rings. The first kappa shape index (κ1) is 12.1. The van der Waals surface area contributed by atoms with E-state index < -0.39 is 0 Å². The van der Waals surface area contributed by atoms with Crippen LogP contribution in [0.25, 0.3) is 22.1 Å². The Morgan fingerprint density at radius 1 is 1.10 bits per heavy atom. The number of benzene rings is 1. The molecule has 4 rings (SSSR count). The van der Waals surface area contributed by atoms with Gasteiger partial charge in [0.1, 0.15) is 11.1 Å². The monoisotopic (exact) mass is 333 g/mol. The first-order chi connectivity index (χ1) is 9.83. The van der Waals surface area contributed by atoms with Crippen LogP contribution in [0.3, 0.4) is 0 Å². The predicted octanol–water partition coefficient (Wildman–Crippen LogP) is 2.98. The van der Waals surface area contributed by atoms with E-state index in [2.05, 4.69) is 30.8 Å². The number of hydrogen-bond donors (Lipinski definition) is 0. The van der Waals surface area contributed by atoms with E-state index in [0.29, 0.717) is 17.9 Å². The van der Waals surface area contributed by atoms with Gasteiger partial charge in [-0.1, -0.05) is 12.1 Å². The Morgan fingerprint density at radius 2 is 1.90 bits per heavy atom. The summed E-state index contributed by atoms with van der Waals surface area (Å²) in [5.74, 6) is 0.835. The average Bonchev–Trinajstić information content (AvgIpc) is 2.86. The van der Waals surface area contributed by atoms with E-state index in [9.17, 15) is 0 Å². The van der Waals surface area contributed by atoms with Gasteiger partial charge in [0.15, 0.2) is 16.1 Å². The topological polar surface area (TPSA) is 51.4 Å². The molecular weight excluding hydrogens is 322 g/mol. The second-order valence-corrected chi connectivity index (χ2v) is 5.40. The molecule has 3 heterocycles. The van der Waals surface area contributed by atoms with Gasteiger partial charge in [0.2, 0.25) is 0 Å². The Hall–Kier alpha value is -1.66. The number of hydrogen-bond acceptors (Lipinski definition) is 5. The van der Waals surface area contributed by atoms with Gasteiger partial charge in [-0.3, -0.25) is 0 Å². The molecule has 0 radical (unpaired) electrons. The van der Waals surface area contributed by atoms with E-state index in [-0.39, 0.29) is 0 Å². The van der Waals surface area contributed by atoms with Crippen LogP contribution in [0.1, 0.15) is 0 Å². The summed E-state index contributed by atoms with van der Waals surface area (Å²) >= 11 is 3.40. The number of anilines is 1. The van der Waals surface area contributed by atoms with Crippen LogP contribution in [0.2, 0.25) is 0 Å². The van der Waals surface area contributed by atoms with Gasteiger partial charge in [-0.15, -0.1) is 0 Å². The molecule has 3 aromatic rings. The van der Waals surface area contributed by atoms with Crippen molar-refractivity contribution >= 4 is 43.8 Å². The Balaban J connectivity index is 1.99. The van der Waals surface area contributed by atoms with E-state index in [0.717, 1.165) is 41.0 Å². The maximum Gasteiger partial charge on any atom is 0.199 e. The molecule has 0 amide bonds. The van der Waals surface area contributed by atoms with Crippen LogP contribution < -0.4 is 4.90 Å². The summed E-state index contributed by atoms with van der Waals surface area (Å²) in [7, 11) is 0. The first-order valence-electron chi connectivity index (χ1n) is 6.50. The zero-order valence-electron chi connectivity index (χ0n) is 10.7. The molecule has 1 aromatic carbocycles. The highest BCUT2D eigenvalue weighted by Crippen LogP contribution is 2.33. The van der Waals surface area contributed by atoms with Crippen molar-refractivity contribution in [3.05, 3.63) is 29.0 Å². The van der Waals surface area contributed by atoms with Crippen molar-refractivity contribution in [1.82, 2.24) is 9.97 Å². The molecule has 1 saturated heterocycles. The third kappa shape index (κ3) is 1.87. The van der Waals surface area contributed by atoms with Gasteiger partial charge >= 0.3 is 0 Å². The molecule has 2 aromatic heterocycles. The van der Waals surface area contributed by atoms with Crippen LogP contribution in [-0.2, 0) is 4.74 Å². The second-order valence-electron chi connectivity index (χ2n) is 4.69. The van der Waals surface area contributed by atoms with E-state index in [1.807, 2.05) is 24.3 Å². The van der Waals surface area contributed by atoms with Crippen LogP contribution in [0.5, 0.6) is 0 Å². The summed E-state index contributed by atoms with van der Waals surface area (Å²) in [6, 6.07) is 7.92. The minimum absolute atomic E-state index is 0.582.